The normalized spacial score (nSPS) is 21.5. The van der Waals surface area contributed by atoms with E-state index in [-0.39, 0.29) is 24.9 Å². The van der Waals surface area contributed by atoms with Crippen LogP contribution < -0.4 is 0 Å². The number of methoxy groups -OCH3 is 3. The minimum absolute atomic E-state index is 0.138. The summed E-state index contributed by atoms with van der Waals surface area (Å²) in [4.78, 5) is 11.6. The molecule has 0 aromatic heterocycles. The van der Waals surface area contributed by atoms with Crippen LogP contribution in [0, 0.1) is 5.92 Å². The number of rotatable bonds is 19. The van der Waals surface area contributed by atoms with Gasteiger partial charge in [-0.2, -0.15) is 0 Å². The summed E-state index contributed by atoms with van der Waals surface area (Å²) in [6.07, 6.45) is 5.15. The highest BCUT2D eigenvalue weighted by atomic mass is 16.7. The molecule has 1 heterocycles. The summed E-state index contributed by atoms with van der Waals surface area (Å²) in [5, 5.41) is 0. The van der Waals surface area contributed by atoms with Crippen molar-refractivity contribution < 1.29 is 38.0 Å². The van der Waals surface area contributed by atoms with E-state index in [4.69, 9.17) is 33.2 Å². The lowest BCUT2D eigenvalue weighted by Crippen LogP contribution is -2.36. The highest BCUT2D eigenvalue weighted by Gasteiger charge is 2.60. The SMILES string of the molecule is COCCOCOC[C@H](C)C[C@]1([C@@H](CCCOCc2ccccc2)OC)O[C@@H]1/C=C/C(=O)OC. The van der Waals surface area contributed by atoms with Gasteiger partial charge in [-0.05, 0) is 36.8 Å². The predicted molar refractivity (Wildman–Crippen MR) is 127 cm³/mol. The van der Waals surface area contributed by atoms with Crippen LogP contribution in [0.15, 0.2) is 42.5 Å². The van der Waals surface area contributed by atoms with Crippen molar-refractivity contribution in [1.82, 2.24) is 0 Å². The molecular weight excluding hydrogens is 440 g/mol. The van der Waals surface area contributed by atoms with Crippen LogP contribution in [0.25, 0.3) is 0 Å². The smallest absolute Gasteiger partial charge is 0.330 e. The highest BCUT2D eigenvalue weighted by Crippen LogP contribution is 2.48. The fourth-order valence-corrected chi connectivity index (χ4v) is 4.00. The number of ether oxygens (including phenoxy) is 7. The summed E-state index contributed by atoms with van der Waals surface area (Å²) in [7, 11) is 4.69. The Labute approximate surface area is 203 Å². The molecule has 1 aliphatic heterocycles. The van der Waals surface area contributed by atoms with E-state index in [9.17, 15) is 4.79 Å². The number of benzene rings is 1. The second kappa shape index (κ2) is 16.0. The third kappa shape index (κ3) is 9.82. The molecule has 0 bridgehead atoms. The van der Waals surface area contributed by atoms with Gasteiger partial charge in [-0.15, -0.1) is 0 Å². The Hall–Kier alpha value is -1.81. The molecule has 4 atom stereocenters. The van der Waals surface area contributed by atoms with Crippen LogP contribution in [0.1, 0.15) is 31.7 Å². The lowest BCUT2D eigenvalue weighted by atomic mass is 9.86. The number of hydrogen-bond donors (Lipinski definition) is 0. The lowest BCUT2D eigenvalue weighted by Gasteiger charge is -2.26. The second-order valence-electron chi connectivity index (χ2n) is 8.48. The van der Waals surface area contributed by atoms with E-state index >= 15 is 0 Å². The molecule has 0 amide bonds. The summed E-state index contributed by atoms with van der Waals surface area (Å²) in [5.74, 6) is -0.202. The quantitative estimate of drug-likeness (QED) is 0.0978. The molecule has 1 aromatic rings. The fourth-order valence-electron chi connectivity index (χ4n) is 4.00. The van der Waals surface area contributed by atoms with Gasteiger partial charge >= 0.3 is 5.97 Å². The van der Waals surface area contributed by atoms with Crippen molar-refractivity contribution in [1.29, 1.82) is 0 Å². The van der Waals surface area contributed by atoms with Gasteiger partial charge in [0.2, 0.25) is 0 Å². The molecule has 192 valence electrons. The van der Waals surface area contributed by atoms with E-state index in [1.165, 1.54) is 13.2 Å². The van der Waals surface area contributed by atoms with Crippen molar-refractivity contribution in [2.75, 3.05) is 54.5 Å². The van der Waals surface area contributed by atoms with Crippen molar-refractivity contribution in [2.45, 2.75) is 50.6 Å². The summed E-state index contributed by atoms with van der Waals surface area (Å²) in [6, 6.07) is 10.1. The van der Waals surface area contributed by atoms with Crippen LogP contribution in [0.5, 0.6) is 0 Å². The van der Waals surface area contributed by atoms with Crippen molar-refractivity contribution in [3.63, 3.8) is 0 Å². The maximum absolute atomic E-state index is 11.6. The van der Waals surface area contributed by atoms with Crippen molar-refractivity contribution in [3.05, 3.63) is 48.0 Å². The van der Waals surface area contributed by atoms with Gasteiger partial charge in [-0.25, -0.2) is 4.79 Å². The first-order chi connectivity index (χ1) is 16.6. The highest BCUT2D eigenvalue weighted by molar-refractivity contribution is 5.81. The zero-order chi connectivity index (χ0) is 24.7. The number of carbonyl (C=O) groups is 1. The zero-order valence-corrected chi connectivity index (χ0v) is 20.9. The van der Waals surface area contributed by atoms with Crippen molar-refractivity contribution in [2.24, 2.45) is 5.92 Å². The number of epoxide rings is 1. The summed E-state index contributed by atoms with van der Waals surface area (Å²) in [6.45, 7) is 5.11. The van der Waals surface area contributed by atoms with E-state index in [0.29, 0.717) is 33.0 Å². The Morgan fingerprint density at radius 3 is 2.59 bits per heavy atom. The first-order valence-electron chi connectivity index (χ1n) is 11.8. The second-order valence-corrected chi connectivity index (χ2v) is 8.48. The topological polar surface area (TPSA) is 85.0 Å². The maximum atomic E-state index is 11.6. The van der Waals surface area contributed by atoms with Gasteiger partial charge in [0.1, 0.15) is 18.5 Å². The Morgan fingerprint density at radius 1 is 1.09 bits per heavy atom. The average Bonchev–Trinajstić information content (AvgIpc) is 3.55. The lowest BCUT2D eigenvalue weighted by molar-refractivity contribution is -0.134. The Balaban J connectivity index is 1.85. The molecule has 0 spiro atoms. The monoisotopic (exact) mass is 480 g/mol. The minimum Gasteiger partial charge on any atom is -0.466 e. The molecular formula is C26H40O8. The number of hydrogen-bond acceptors (Lipinski definition) is 8. The third-order valence-electron chi connectivity index (χ3n) is 5.74. The average molecular weight is 481 g/mol. The molecule has 8 nitrogen and oxygen atoms in total. The predicted octanol–water partition coefficient (Wildman–Crippen LogP) is 3.53. The molecule has 2 rings (SSSR count). The van der Waals surface area contributed by atoms with Crippen LogP contribution in [-0.4, -0.2) is 78.3 Å². The molecule has 8 heteroatoms. The van der Waals surface area contributed by atoms with Crippen molar-refractivity contribution >= 4 is 5.97 Å². The summed E-state index contributed by atoms with van der Waals surface area (Å²) < 4.78 is 38.5. The molecule has 0 N–H and O–H groups in total. The number of esters is 1. The van der Waals surface area contributed by atoms with Gasteiger partial charge in [0.25, 0.3) is 0 Å². The summed E-state index contributed by atoms with van der Waals surface area (Å²) in [5.41, 5.74) is 0.638. The molecule has 0 unspecified atom stereocenters. The Bertz CT molecular complexity index is 710. The molecule has 1 aromatic carbocycles. The van der Waals surface area contributed by atoms with Gasteiger partial charge in [0.05, 0.1) is 39.6 Å². The molecule has 0 radical (unpaired) electrons. The number of carbonyl (C=O) groups excluding carboxylic acids is 1. The van der Waals surface area contributed by atoms with Crippen LogP contribution in [-0.2, 0) is 44.6 Å². The summed E-state index contributed by atoms with van der Waals surface area (Å²) >= 11 is 0. The largest absolute Gasteiger partial charge is 0.466 e. The van der Waals surface area contributed by atoms with Crippen molar-refractivity contribution in [3.8, 4) is 0 Å². The van der Waals surface area contributed by atoms with E-state index in [1.807, 2.05) is 18.2 Å². The first-order valence-corrected chi connectivity index (χ1v) is 11.8. The van der Waals surface area contributed by atoms with Crippen LogP contribution >= 0.6 is 0 Å². The molecule has 0 aliphatic carbocycles. The first kappa shape index (κ1) is 28.4. The van der Waals surface area contributed by atoms with Gasteiger partial charge in [-0.1, -0.05) is 37.3 Å². The van der Waals surface area contributed by atoms with Crippen LogP contribution in [0.3, 0.4) is 0 Å². The van der Waals surface area contributed by atoms with E-state index in [0.717, 1.165) is 24.8 Å². The molecule has 34 heavy (non-hydrogen) atoms. The Kier molecular flexibility index (Phi) is 13.4. The van der Waals surface area contributed by atoms with E-state index < -0.39 is 11.6 Å². The minimum atomic E-state index is -0.515. The molecule has 0 saturated carbocycles. The van der Waals surface area contributed by atoms with Gasteiger partial charge < -0.3 is 33.2 Å². The molecule has 1 fully saturated rings. The van der Waals surface area contributed by atoms with Gasteiger partial charge in [-0.3, -0.25) is 0 Å². The maximum Gasteiger partial charge on any atom is 0.330 e. The standard InChI is InChI=1S/C26H40O8/c1-21(18-33-20-32-16-15-28-2)17-26(24(34-26)12-13-25(27)30-4)23(29-3)11-8-14-31-19-22-9-6-5-7-10-22/h5-7,9-10,12-13,21,23-24H,8,11,14-20H2,1-4H3/b13-12+/t21-,23-,24-,26-/m1/s1. The van der Waals surface area contributed by atoms with Gasteiger partial charge in [0.15, 0.2) is 0 Å². The molecule has 1 aliphatic rings. The van der Waals surface area contributed by atoms with Crippen LogP contribution in [0.2, 0.25) is 0 Å². The third-order valence-corrected chi connectivity index (χ3v) is 5.74. The van der Waals surface area contributed by atoms with E-state index in [1.54, 1.807) is 20.3 Å². The fraction of sp³-hybridized carbons (Fsp3) is 0.654. The van der Waals surface area contributed by atoms with Gasteiger partial charge in [0, 0.05) is 26.9 Å². The van der Waals surface area contributed by atoms with Crippen LogP contribution in [0.4, 0.5) is 0 Å². The zero-order valence-electron chi connectivity index (χ0n) is 20.9. The van der Waals surface area contributed by atoms with E-state index in [2.05, 4.69) is 19.1 Å². The molecule has 1 saturated heterocycles. The Morgan fingerprint density at radius 2 is 1.88 bits per heavy atom.